The monoisotopic (exact) mass is 294 g/mol. The van der Waals surface area contributed by atoms with E-state index in [0.717, 1.165) is 39.0 Å². The highest BCUT2D eigenvalue weighted by Gasteiger charge is 2.27. The molecule has 1 atom stereocenters. The topological polar surface area (TPSA) is 49.4 Å². The molecule has 1 fully saturated rings. The predicted molar refractivity (Wildman–Crippen MR) is 80.5 cm³/mol. The Hall–Kier alpha value is -0.910. The fraction of sp³-hybridized carbons (Fsp3) is 0.600. The second-order valence-corrected chi connectivity index (χ2v) is 8.08. The summed E-state index contributed by atoms with van der Waals surface area (Å²) >= 11 is 0. The zero-order chi connectivity index (χ0) is 14.0. The van der Waals surface area contributed by atoms with Gasteiger partial charge in [-0.1, -0.05) is 24.3 Å². The molecular weight excluding hydrogens is 272 g/mol. The van der Waals surface area contributed by atoms with Gasteiger partial charge in [0.05, 0.1) is 11.5 Å². The second kappa shape index (κ2) is 5.84. The molecule has 0 saturated carbocycles. The van der Waals surface area contributed by atoms with E-state index in [1.807, 2.05) is 0 Å². The van der Waals surface area contributed by atoms with Crippen LogP contribution in [0.15, 0.2) is 24.3 Å². The van der Waals surface area contributed by atoms with Gasteiger partial charge in [-0.05, 0) is 24.0 Å². The number of benzene rings is 1. The molecule has 1 aromatic carbocycles. The average Bonchev–Trinajstić information content (AvgIpc) is 2.78. The van der Waals surface area contributed by atoms with Crippen LogP contribution in [-0.2, 0) is 22.8 Å². The Balaban J connectivity index is 1.44. The first-order valence-corrected chi connectivity index (χ1v) is 9.17. The average molecular weight is 294 g/mol. The van der Waals surface area contributed by atoms with Crippen LogP contribution in [-0.4, -0.2) is 50.5 Å². The molecule has 0 aromatic heterocycles. The van der Waals surface area contributed by atoms with Gasteiger partial charge in [-0.15, -0.1) is 0 Å². The molecule has 1 aromatic rings. The van der Waals surface area contributed by atoms with Crippen molar-refractivity contribution in [1.82, 2.24) is 10.2 Å². The van der Waals surface area contributed by atoms with Crippen molar-refractivity contribution in [3.63, 3.8) is 0 Å². The van der Waals surface area contributed by atoms with Crippen molar-refractivity contribution >= 4 is 9.84 Å². The minimum absolute atomic E-state index is 0.164. The Morgan fingerprint density at radius 2 is 2.05 bits per heavy atom. The fourth-order valence-corrected chi connectivity index (χ4v) is 4.84. The maximum atomic E-state index is 11.4. The van der Waals surface area contributed by atoms with Gasteiger partial charge in [0.1, 0.15) is 0 Å². The van der Waals surface area contributed by atoms with E-state index in [-0.39, 0.29) is 6.04 Å². The summed E-state index contributed by atoms with van der Waals surface area (Å²) in [6, 6.07) is 8.80. The van der Waals surface area contributed by atoms with E-state index in [4.69, 9.17) is 0 Å². The molecular formula is C15H22N2O2S. The molecule has 1 unspecified atom stereocenters. The van der Waals surface area contributed by atoms with Crippen LogP contribution in [0.1, 0.15) is 17.5 Å². The minimum Gasteiger partial charge on any atom is -0.312 e. The van der Waals surface area contributed by atoms with Crippen molar-refractivity contribution in [3.05, 3.63) is 35.4 Å². The second-order valence-electron chi connectivity index (χ2n) is 5.85. The summed E-state index contributed by atoms with van der Waals surface area (Å²) in [4.78, 5) is 2.44. The third kappa shape index (κ3) is 3.40. The SMILES string of the molecule is O=S1(=O)CCC(NCCN2CCc3ccccc3C2)C1. The Morgan fingerprint density at radius 3 is 2.80 bits per heavy atom. The fourth-order valence-electron chi connectivity index (χ4n) is 3.13. The quantitative estimate of drug-likeness (QED) is 0.893. The summed E-state index contributed by atoms with van der Waals surface area (Å²) < 4.78 is 22.8. The zero-order valence-electron chi connectivity index (χ0n) is 11.7. The summed E-state index contributed by atoms with van der Waals surface area (Å²) in [6.07, 6.45) is 1.89. The first kappa shape index (κ1) is 14.0. The maximum Gasteiger partial charge on any atom is 0.151 e. The molecule has 2 heterocycles. The summed E-state index contributed by atoms with van der Waals surface area (Å²) in [5, 5.41) is 3.39. The molecule has 110 valence electrons. The largest absolute Gasteiger partial charge is 0.312 e. The molecule has 0 bridgehead atoms. The number of nitrogens with one attached hydrogen (secondary N) is 1. The van der Waals surface area contributed by atoms with Crippen LogP contribution in [0.3, 0.4) is 0 Å². The maximum absolute atomic E-state index is 11.4. The van der Waals surface area contributed by atoms with E-state index in [1.165, 1.54) is 11.1 Å². The van der Waals surface area contributed by atoms with E-state index in [2.05, 4.69) is 34.5 Å². The van der Waals surface area contributed by atoms with Gasteiger partial charge in [-0.25, -0.2) is 8.42 Å². The lowest BCUT2D eigenvalue weighted by atomic mass is 10.00. The van der Waals surface area contributed by atoms with Gasteiger partial charge in [0.15, 0.2) is 9.84 Å². The number of hydrogen-bond donors (Lipinski definition) is 1. The molecule has 0 spiro atoms. The third-order valence-electron chi connectivity index (χ3n) is 4.30. The van der Waals surface area contributed by atoms with Crippen molar-refractivity contribution in [1.29, 1.82) is 0 Å². The number of nitrogens with zero attached hydrogens (tertiary/aromatic N) is 1. The Morgan fingerprint density at radius 1 is 1.25 bits per heavy atom. The Bertz CT molecular complexity index is 571. The van der Waals surface area contributed by atoms with Crippen LogP contribution in [0.4, 0.5) is 0 Å². The first-order chi connectivity index (χ1) is 9.62. The molecule has 2 aliphatic rings. The smallest absolute Gasteiger partial charge is 0.151 e. The lowest BCUT2D eigenvalue weighted by molar-refractivity contribution is 0.251. The van der Waals surface area contributed by atoms with Crippen molar-refractivity contribution in [2.24, 2.45) is 0 Å². The van der Waals surface area contributed by atoms with Crippen molar-refractivity contribution in [2.45, 2.75) is 25.4 Å². The number of fused-ring (bicyclic) bond motifs is 1. The van der Waals surface area contributed by atoms with Crippen molar-refractivity contribution in [2.75, 3.05) is 31.1 Å². The minimum atomic E-state index is -2.77. The molecule has 2 aliphatic heterocycles. The Labute approximate surface area is 121 Å². The van der Waals surface area contributed by atoms with Gasteiger partial charge in [-0.2, -0.15) is 0 Å². The van der Waals surface area contributed by atoms with E-state index < -0.39 is 9.84 Å². The van der Waals surface area contributed by atoms with E-state index in [9.17, 15) is 8.42 Å². The van der Waals surface area contributed by atoms with Crippen molar-refractivity contribution in [3.8, 4) is 0 Å². The summed E-state index contributed by atoms with van der Waals surface area (Å²) in [5.41, 5.74) is 2.90. The van der Waals surface area contributed by atoms with E-state index in [0.29, 0.717) is 11.5 Å². The molecule has 0 radical (unpaired) electrons. The highest BCUT2D eigenvalue weighted by Crippen LogP contribution is 2.18. The zero-order valence-corrected chi connectivity index (χ0v) is 12.5. The highest BCUT2D eigenvalue weighted by atomic mass is 32.2. The molecule has 0 amide bonds. The Kier molecular flexibility index (Phi) is 4.10. The van der Waals surface area contributed by atoms with Crippen LogP contribution in [0, 0.1) is 0 Å². The van der Waals surface area contributed by atoms with Crippen LogP contribution >= 0.6 is 0 Å². The third-order valence-corrected chi connectivity index (χ3v) is 6.07. The van der Waals surface area contributed by atoms with Crippen LogP contribution < -0.4 is 5.32 Å². The van der Waals surface area contributed by atoms with Crippen LogP contribution in [0.5, 0.6) is 0 Å². The molecule has 20 heavy (non-hydrogen) atoms. The molecule has 5 heteroatoms. The van der Waals surface area contributed by atoms with Gasteiger partial charge in [0.25, 0.3) is 0 Å². The molecule has 1 N–H and O–H groups in total. The standard InChI is InChI=1S/C15H22N2O2S/c18-20(19)10-6-15(12-20)16-7-9-17-8-5-13-3-1-2-4-14(13)11-17/h1-4,15-16H,5-12H2. The molecule has 0 aliphatic carbocycles. The number of hydrogen-bond acceptors (Lipinski definition) is 4. The summed E-state index contributed by atoms with van der Waals surface area (Å²) in [5.74, 6) is 0.664. The number of sulfone groups is 1. The lowest BCUT2D eigenvalue weighted by Crippen LogP contribution is -2.39. The molecule has 3 rings (SSSR count). The van der Waals surface area contributed by atoms with Crippen LogP contribution in [0.25, 0.3) is 0 Å². The number of rotatable bonds is 4. The molecule has 1 saturated heterocycles. The van der Waals surface area contributed by atoms with Gasteiger partial charge < -0.3 is 5.32 Å². The lowest BCUT2D eigenvalue weighted by Gasteiger charge is -2.29. The van der Waals surface area contributed by atoms with Gasteiger partial charge in [0, 0.05) is 32.2 Å². The summed E-state index contributed by atoms with van der Waals surface area (Å²) in [6.45, 7) is 3.98. The summed E-state index contributed by atoms with van der Waals surface area (Å²) in [7, 11) is -2.77. The predicted octanol–water partition coefficient (Wildman–Crippen LogP) is 0.821. The molecule has 4 nitrogen and oxygen atoms in total. The van der Waals surface area contributed by atoms with E-state index in [1.54, 1.807) is 0 Å². The van der Waals surface area contributed by atoms with Gasteiger partial charge >= 0.3 is 0 Å². The first-order valence-electron chi connectivity index (χ1n) is 7.35. The highest BCUT2D eigenvalue weighted by molar-refractivity contribution is 7.91. The van der Waals surface area contributed by atoms with Crippen LogP contribution in [0.2, 0.25) is 0 Å². The van der Waals surface area contributed by atoms with E-state index >= 15 is 0 Å². The normalized spacial score (nSPS) is 25.5. The van der Waals surface area contributed by atoms with Gasteiger partial charge in [0.2, 0.25) is 0 Å². The van der Waals surface area contributed by atoms with Gasteiger partial charge in [-0.3, -0.25) is 4.90 Å². The van der Waals surface area contributed by atoms with Crippen molar-refractivity contribution < 1.29 is 8.42 Å².